The van der Waals surface area contributed by atoms with E-state index in [1.54, 1.807) is 11.9 Å². The van der Waals surface area contributed by atoms with Crippen molar-refractivity contribution in [2.24, 2.45) is 0 Å². The summed E-state index contributed by atoms with van der Waals surface area (Å²) in [5.41, 5.74) is 0.973. The largest absolute Gasteiger partial charge is 0.494 e. The van der Waals surface area contributed by atoms with Crippen LogP contribution in [0.3, 0.4) is 0 Å². The van der Waals surface area contributed by atoms with Crippen molar-refractivity contribution in [3.05, 3.63) is 29.8 Å². The summed E-state index contributed by atoms with van der Waals surface area (Å²) >= 11 is 0. The summed E-state index contributed by atoms with van der Waals surface area (Å²) in [6.45, 7) is 2.59. The Balaban J connectivity index is 1.93. The normalized spacial score (nSPS) is 21.9. The van der Waals surface area contributed by atoms with E-state index in [9.17, 15) is 9.90 Å². The van der Waals surface area contributed by atoms with E-state index in [1.807, 2.05) is 31.2 Å². The molecule has 1 aliphatic rings. The van der Waals surface area contributed by atoms with Crippen molar-refractivity contribution >= 4 is 5.91 Å². The zero-order valence-electron chi connectivity index (χ0n) is 12.9. The molecule has 0 heterocycles. The van der Waals surface area contributed by atoms with Crippen LogP contribution in [-0.4, -0.2) is 41.7 Å². The fraction of sp³-hybridized carbons (Fsp3) is 0.588. The molecule has 0 bridgehead atoms. The van der Waals surface area contributed by atoms with Crippen LogP contribution in [0.25, 0.3) is 0 Å². The Kier molecular flexibility index (Phi) is 5.62. The van der Waals surface area contributed by atoms with Crippen LogP contribution in [0.4, 0.5) is 0 Å². The number of aliphatic hydroxyl groups excluding tert-OH is 1. The van der Waals surface area contributed by atoms with Gasteiger partial charge in [-0.05, 0) is 37.5 Å². The average molecular weight is 291 g/mol. The molecular weight excluding hydrogens is 266 g/mol. The lowest BCUT2D eigenvalue weighted by atomic mass is 9.91. The molecule has 2 unspecified atom stereocenters. The lowest BCUT2D eigenvalue weighted by Gasteiger charge is -2.35. The van der Waals surface area contributed by atoms with Gasteiger partial charge in [-0.3, -0.25) is 4.79 Å². The molecule has 0 spiro atoms. The number of benzene rings is 1. The lowest BCUT2D eigenvalue weighted by molar-refractivity contribution is -0.134. The standard InChI is InChI=1S/C17H25NO3/c1-3-21-14-10-8-13(9-11-14)12-17(20)18(2)15-6-4-5-7-16(15)19/h8-11,15-16,19H,3-7,12H2,1-2H3. The molecule has 0 saturated heterocycles. The molecule has 2 rings (SSSR count). The van der Waals surface area contributed by atoms with Gasteiger partial charge in [0.2, 0.25) is 5.91 Å². The van der Waals surface area contributed by atoms with E-state index in [4.69, 9.17) is 4.74 Å². The topological polar surface area (TPSA) is 49.8 Å². The molecule has 1 aliphatic carbocycles. The van der Waals surface area contributed by atoms with Crippen molar-refractivity contribution < 1.29 is 14.6 Å². The Labute approximate surface area is 126 Å². The van der Waals surface area contributed by atoms with Crippen LogP contribution in [0, 0.1) is 0 Å². The number of carbonyl (C=O) groups is 1. The zero-order valence-corrected chi connectivity index (χ0v) is 12.9. The first-order chi connectivity index (χ1) is 10.1. The highest BCUT2D eigenvalue weighted by molar-refractivity contribution is 5.79. The van der Waals surface area contributed by atoms with Crippen molar-refractivity contribution in [3.63, 3.8) is 0 Å². The van der Waals surface area contributed by atoms with Crippen molar-refractivity contribution in [2.45, 2.75) is 51.2 Å². The van der Waals surface area contributed by atoms with Gasteiger partial charge >= 0.3 is 0 Å². The number of amides is 1. The highest BCUT2D eigenvalue weighted by atomic mass is 16.5. The number of hydrogen-bond donors (Lipinski definition) is 1. The van der Waals surface area contributed by atoms with Crippen LogP contribution in [0.2, 0.25) is 0 Å². The minimum atomic E-state index is -0.381. The van der Waals surface area contributed by atoms with Gasteiger partial charge in [-0.1, -0.05) is 25.0 Å². The molecule has 1 amide bonds. The molecule has 2 atom stereocenters. The summed E-state index contributed by atoms with van der Waals surface area (Å²) in [5.74, 6) is 0.884. The molecule has 0 aromatic heterocycles. The van der Waals surface area contributed by atoms with Crippen molar-refractivity contribution in [1.29, 1.82) is 0 Å². The van der Waals surface area contributed by atoms with E-state index in [-0.39, 0.29) is 18.1 Å². The van der Waals surface area contributed by atoms with Crippen molar-refractivity contribution in [1.82, 2.24) is 4.90 Å². The first-order valence-corrected chi connectivity index (χ1v) is 7.77. The highest BCUT2D eigenvalue weighted by Gasteiger charge is 2.29. The highest BCUT2D eigenvalue weighted by Crippen LogP contribution is 2.23. The maximum absolute atomic E-state index is 12.4. The Morgan fingerprint density at radius 3 is 2.57 bits per heavy atom. The summed E-state index contributed by atoms with van der Waals surface area (Å²) in [6, 6.07) is 7.60. The molecule has 0 radical (unpaired) electrons. The van der Waals surface area contributed by atoms with Gasteiger partial charge in [0, 0.05) is 7.05 Å². The number of ether oxygens (including phenoxy) is 1. The van der Waals surface area contributed by atoms with E-state index in [2.05, 4.69) is 0 Å². The predicted molar refractivity (Wildman–Crippen MR) is 82.3 cm³/mol. The number of nitrogens with zero attached hydrogens (tertiary/aromatic N) is 1. The van der Waals surface area contributed by atoms with Gasteiger partial charge in [0.25, 0.3) is 0 Å². The van der Waals surface area contributed by atoms with Gasteiger partial charge in [-0.25, -0.2) is 0 Å². The molecule has 1 aromatic rings. The second-order valence-corrected chi connectivity index (χ2v) is 5.68. The Hall–Kier alpha value is -1.55. The molecule has 116 valence electrons. The molecule has 1 N–H and O–H groups in total. The molecule has 1 aromatic carbocycles. The summed E-state index contributed by atoms with van der Waals surface area (Å²) in [4.78, 5) is 14.1. The average Bonchev–Trinajstić information content (AvgIpc) is 2.49. The Bertz CT molecular complexity index is 458. The lowest BCUT2D eigenvalue weighted by Crippen LogP contribution is -2.46. The minimum absolute atomic E-state index is 0.0334. The van der Waals surface area contributed by atoms with Crippen LogP contribution in [0.1, 0.15) is 38.2 Å². The van der Waals surface area contributed by atoms with Gasteiger partial charge in [0.1, 0.15) is 5.75 Å². The third kappa shape index (κ3) is 4.21. The van der Waals surface area contributed by atoms with E-state index in [0.717, 1.165) is 37.0 Å². The maximum atomic E-state index is 12.4. The second kappa shape index (κ2) is 7.46. The Morgan fingerprint density at radius 1 is 1.29 bits per heavy atom. The van der Waals surface area contributed by atoms with Gasteiger partial charge < -0.3 is 14.7 Å². The molecule has 1 saturated carbocycles. The van der Waals surface area contributed by atoms with E-state index < -0.39 is 0 Å². The smallest absolute Gasteiger partial charge is 0.227 e. The van der Waals surface area contributed by atoms with Crippen LogP contribution in [-0.2, 0) is 11.2 Å². The Morgan fingerprint density at radius 2 is 1.95 bits per heavy atom. The number of rotatable bonds is 5. The fourth-order valence-corrected chi connectivity index (χ4v) is 2.90. The molecule has 0 aliphatic heterocycles. The summed E-state index contributed by atoms with van der Waals surface area (Å²) in [7, 11) is 1.80. The van der Waals surface area contributed by atoms with Crippen LogP contribution >= 0.6 is 0 Å². The molecule has 1 fully saturated rings. The monoisotopic (exact) mass is 291 g/mol. The molecule has 4 heteroatoms. The summed E-state index contributed by atoms with van der Waals surface area (Å²) in [6.07, 6.45) is 3.82. The minimum Gasteiger partial charge on any atom is -0.494 e. The van der Waals surface area contributed by atoms with Gasteiger partial charge in [0.15, 0.2) is 0 Å². The van der Waals surface area contributed by atoms with Gasteiger partial charge in [-0.15, -0.1) is 0 Å². The number of aliphatic hydroxyl groups is 1. The first kappa shape index (κ1) is 15.8. The van der Waals surface area contributed by atoms with E-state index >= 15 is 0 Å². The summed E-state index contributed by atoms with van der Waals surface area (Å²) < 4.78 is 5.39. The maximum Gasteiger partial charge on any atom is 0.227 e. The number of carbonyl (C=O) groups excluding carboxylic acids is 1. The van der Waals surface area contributed by atoms with Gasteiger partial charge in [-0.2, -0.15) is 0 Å². The van der Waals surface area contributed by atoms with Crippen LogP contribution in [0.5, 0.6) is 5.75 Å². The van der Waals surface area contributed by atoms with E-state index in [0.29, 0.717) is 13.0 Å². The second-order valence-electron chi connectivity index (χ2n) is 5.68. The van der Waals surface area contributed by atoms with Crippen LogP contribution in [0.15, 0.2) is 24.3 Å². The van der Waals surface area contributed by atoms with E-state index in [1.165, 1.54) is 0 Å². The zero-order chi connectivity index (χ0) is 15.2. The molecule has 21 heavy (non-hydrogen) atoms. The number of hydrogen-bond acceptors (Lipinski definition) is 3. The predicted octanol–water partition coefficient (Wildman–Crippen LogP) is 2.39. The first-order valence-electron chi connectivity index (χ1n) is 7.77. The van der Waals surface area contributed by atoms with Crippen molar-refractivity contribution in [2.75, 3.05) is 13.7 Å². The summed E-state index contributed by atoms with van der Waals surface area (Å²) in [5, 5.41) is 10.0. The third-order valence-electron chi connectivity index (χ3n) is 4.17. The molecular formula is C17H25NO3. The number of likely N-dealkylation sites (N-methyl/N-ethyl adjacent to an activating group) is 1. The SMILES string of the molecule is CCOc1ccc(CC(=O)N(C)C2CCCCC2O)cc1. The quantitative estimate of drug-likeness (QED) is 0.906. The third-order valence-corrected chi connectivity index (χ3v) is 4.17. The fourth-order valence-electron chi connectivity index (χ4n) is 2.90. The van der Waals surface area contributed by atoms with Crippen molar-refractivity contribution in [3.8, 4) is 5.75 Å². The van der Waals surface area contributed by atoms with Crippen LogP contribution < -0.4 is 4.74 Å². The molecule has 4 nitrogen and oxygen atoms in total. The van der Waals surface area contributed by atoms with Gasteiger partial charge in [0.05, 0.1) is 25.2 Å².